The quantitative estimate of drug-likeness (QED) is 0.802. The zero-order valence-electron chi connectivity index (χ0n) is 9.79. The Labute approximate surface area is 108 Å². The molecule has 17 heavy (non-hydrogen) atoms. The molecule has 1 aromatic rings. The fraction of sp³-hybridized carbons (Fsp3) is 0.600. The van der Waals surface area contributed by atoms with E-state index in [1.54, 1.807) is 0 Å². The average molecular weight is 275 g/mol. The number of rotatable bonds is 3. The molecule has 0 fully saturated rings. The van der Waals surface area contributed by atoms with Gasteiger partial charge in [-0.1, -0.05) is 0 Å². The molecule has 0 aromatic carbocycles. The number of hydrogen-bond acceptors (Lipinski definition) is 5. The predicted octanol–water partition coefficient (Wildman–Crippen LogP) is 0.943. The Morgan fingerprint density at radius 1 is 1.53 bits per heavy atom. The van der Waals surface area contributed by atoms with Crippen molar-refractivity contribution in [3.8, 4) is 0 Å². The predicted molar refractivity (Wildman–Crippen MR) is 68.8 cm³/mol. The number of nitrogens with one attached hydrogen (secondary N) is 1. The summed E-state index contributed by atoms with van der Waals surface area (Å²) in [5, 5.41) is 3.36. The fourth-order valence-corrected chi connectivity index (χ4v) is 3.12. The topological polar surface area (TPSA) is 80.9 Å². The third-order valence-corrected chi connectivity index (χ3v) is 4.26. The molecule has 2 rings (SSSR count). The van der Waals surface area contributed by atoms with Crippen LogP contribution in [0.4, 0.5) is 5.82 Å². The van der Waals surface area contributed by atoms with Gasteiger partial charge < -0.3 is 11.1 Å². The number of nitrogens with zero attached hydrogens (tertiary/aromatic N) is 2. The van der Waals surface area contributed by atoms with E-state index < -0.39 is 10.8 Å². The third-order valence-electron chi connectivity index (χ3n) is 2.63. The van der Waals surface area contributed by atoms with Gasteiger partial charge in [-0.2, -0.15) is 4.98 Å². The van der Waals surface area contributed by atoms with E-state index in [4.69, 9.17) is 17.3 Å². The molecule has 0 saturated heterocycles. The molecule has 0 amide bonds. The summed E-state index contributed by atoms with van der Waals surface area (Å²) in [6.45, 7) is 4.34. The molecular formula is C10H15ClN4OS. The van der Waals surface area contributed by atoms with Crippen molar-refractivity contribution in [1.82, 2.24) is 9.97 Å². The number of aryl methyl sites for hydroxylation is 1. The molecule has 0 bridgehead atoms. The average Bonchev–Trinajstić information content (AvgIpc) is 2.59. The lowest BCUT2D eigenvalue weighted by Crippen LogP contribution is -2.39. The summed E-state index contributed by atoms with van der Waals surface area (Å²) >= 11 is 5.86. The van der Waals surface area contributed by atoms with E-state index in [1.807, 2.05) is 13.8 Å². The lowest BCUT2D eigenvalue weighted by atomic mass is 10.1. The SMILES string of the molecule is CC(C)(CN)Nc1nc(Cl)nc2c1[S@](=O)CC2. The Kier molecular flexibility index (Phi) is 3.38. The molecule has 2 heterocycles. The van der Waals surface area contributed by atoms with Crippen LogP contribution >= 0.6 is 11.6 Å². The highest BCUT2D eigenvalue weighted by molar-refractivity contribution is 7.85. The van der Waals surface area contributed by atoms with Gasteiger partial charge in [0.1, 0.15) is 10.7 Å². The van der Waals surface area contributed by atoms with Crippen molar-refractivity contribution >= 4 is 28.2 Å². The molecule has 1 aliphatic heterocycles. The van der Waals surface area contributed by atoms with Crippen molar-refractivity contribution < 1.29 is 4.21 Å². The smallest absolute Gasteiger partial charge is 0.224 e. The van der Waals surface area contributed by atoms with Crippen LogP contribution in [0.1, 0.15) is 19.5 Å². The van der Waals surface area contributed by atoms with E-state index in [0.717, 1.165) is 5.69 Å². The zero-order chi connectivity index (χ0) is 12.6. The largest absolute Gasteiger partial charge is 0.363 e. The van der Waals surface area contributed by atoms with E-state index in [9.17, 15) is 4.21 Å². The van der Waals surface area contributed by atoms with Gasteiger partial charge in [-0.3, -0.25) is 4.21 Å². The number of hydrogen-bond donors (Lipinski definition) is 2. The van der Waals surface area contributed by atoms with E-state index in [0.29, 0.717) is 29.4 Å². The van der Waals surface area contributed by atoms with Crippen molar-refractivity contribution in [1.29, 1.82) is 0 Å². The number of anilines is 1. The van der Waals surface area contributed by atoms with Crippen molar-refractivity contribution in [2.45, 2.75) is 30.7 Å². The van der Waals surface area contributed by atoms with E-state index in [-0.39, 0.29) is 10.8 Å². The summed E-state index contributed by atoms with van der Waals surface area (Å²) in [6, 6.07) is 0. The van der Waals surface area contributed by atoms with Crippen LogP contribution in [0.5, 0.6) is 0 Å². The van der Waals surface area contributed by atoms with E-state index in [2.05, 4.69) is 15.3 Å². The first-order valence-electron chi connectivity index (χ1n) is 5.36. The minimum absolute atomic E-state index is 0.179. The maximum Gasteiger partial charge on any atom is 0.224 e. The second-order valence-corrected chi connectivity index (χ2v) is 6.48. The van der Waals surface area contributed by atoms with Crippen LogP contribution < -0.4 is 11.1 Å². The first-order chi connectivity index (χ1) is 7.93. The summed E-state index contributed by atoms with van der Waals surface area (Å²) in [7, 11) is -1.04. The van der Waals surface area contributed by atoms with Crippen LogP contribution in [-0.2, 0) is 17.2 Å². The molecule has 94 valence electrons. The number of aromatic nitrogens is 2. The molecule has 7 heteroatoms. The second kappa shape index (κ2) is 4.51. The molecule has 5 nitrogen and oxygen atoms in total. The Morgan fingerprint density at radius 2 is 2.24 bits per heavy atom. The van der Waals surface area contributed by atoms with Gasteiger partial charge in [0, 0.05) is 24.3 Å². The zero-order valence-corrected chi connectivity index (χ0v) is 11.4. The highest BCUT2D eigenvalue weighted by Crippen LogP contribution is 2.30. The lowest BCUT2D eigenvalue weighted by molar-refractivity contribution is 0.574. The van der Waals surface area contributed by atoms with Crippen LogP contribution in [0.2, 0.25) is 5.28 Å². The maximum absolute atomic E-state index is 11.9. The number of halogens is 1. The summed E-state index contributed by atoms with van der Waals surface area (Å²) in [5.74, 6) is 1.13. The molecule has 0 spiro atoms. The minimum atomic E-state index is -1.04. The van der Waals surface area contributed by atoms with Crippen molar-refractivity contribution in [3.05, 3.63) is 11.0 Å². The van der Waals surface area contributed by atoms with E-state index >= 15 is 0 Å². The normalized spacial score (nSPS) is 19.2. The highest BCUT2D eigenvalue weighted by atomic mass is 35.5. The molecule has 0 radical (unpaired) electrons. The minimum Gasteiger partial charge on any atom is -0.363 e. The molecule has 0 saturated carbocycles. The lowest BCUT2D eigenvalue weighted by Gasteiger charge is -2.25. The molecule has 3 N–H and O–H groups in total. The van der Waals surface area contributed by atoms with Crippen molar-refractivity contribution in [2.24, 2.45) is 5.73 Å². The molecule has 0 unspecified atom stereocenters. The molecular weight excluding hydrogens is 260 g/mol. The standard InChI is InChI=1S/C10H15ClN4OS/c1-10(2,5-12)15-8-7-6(3-4-17(7)16)13-9(11)14-8/h3-5,12H2,1-2H3,(H,13,14,15)/t17-/m1/s1. The van der Waals surface area contributed by atoms with Crippen LogP contribution in [0.3, 0.4) is 0 Å². The van der Waals surface area contributed by atoms with Gasteiger partial charge >= 0.3 is 0 Å². The number of nitrogens with two attached hydrogens (primary N) is 1. The monoisotopic (exact) mass is 274 g/mol. The summed E-state index contributed by atoms with van der Waals surface area (Å²) in [4.78, 5) is 8.91. The van der Waals surface area contributed by atoms with Crippen LogP contribution in [0, 0.1) is 0 Å². The highest BCUT2D eigenvalue weighted by Gasteiger charge is 2.28. The number of fused-ring (bicyclic) bond motifs is 1. The van der Waals surface area contributed by atoms with Gasteiger partial charge in [0.05, 0.1) is 16.5 Å². The second-order valence-electron chi connectivity index (χ2n) is 4.63. The Hall–Kier alpha value is -0.720. The van der Waals surface area contributed by atoms with Crippen LogP contribution in [-0.4, -0.2) is 32.0 Å². The Balaban J connectivity index is 2.44. The van der Waals surface area contributed by atoms with Gasteiger partial charge in [-0.25, -0.2) is 4.98 Å². The first kappa shape index (κ1) is 12.7. The van der Waals surface area contributed by atoms with Crippen molar-refractivity contribution in [3.63, 3.8) is 0 Å². The van der Waals surface area contributed by atoms with Gasteiger partial charge in [0.2, 0.25) is 5.28 Å². The van der Waals surface area contributed by atoms with Gasteiger partial charge in [-0.05, 0) is 25.4 Å². The summed E-state index contributed by atoms with van der Waals surface area (Å²) in [5.41, 5.74) is 6.11. The molecule has 1 aliphatic rings. The van der Waals surface area contributed by atoms with E-state index in [1.165, 1.54) is 0 Å². The van der Waals surface area contributed by atoms with Gasteiger partial charge in [0.25, 0.3) is 0 Å². The first-order valence-corrected chi connectivity index (χ1v) is 7.06. The molecule has 0 aliphatic carbocycles. The molecule has 1 atom stereocenters. The van der Waals surface area contributed by atoms with Crippen LogP contribution in [0.25, 0.3) is 0 Å². The summed E-state index contributed by atoms with van der Waals surface area (Å²) < 4.78 is 11.9. The Bertz CT molecular complexity index is 478. The Morgan fingerprint density at radius 3 is 2.88 bits per heavy atom. The van der Waals surface area contributed by atoms with Crippen LogP contribution in [0.15, 0.2) is 4.90 Å². The third kappa shape index (κ3) is 2.59. The summed E-state index contributed by atoms with van der Waals surface area (Å²) in [6.07, 6.45) is 0.682. The van der Waals surface area contributed by atoms with Crippen molar-refractivity contribution in [2.75, 3.05) is 17.6 Å². The maximum atomic E-state index is 11.9. The van der Waals surface area contributed by atoms with Gasteiger partial charge in [0.15, 0.2) is 0 Å². The molecule has 1 aromatic heterocycles. The fourth-order valence-electron chi connectivity index (χ4n) is 1.62. The van der Waals surface area contributed by atoms with Gasteiger partial charge in [-0.15, -0.1) is 0 Å².